The maximum atomic E-state index is 13.3. The number of piperidine rings is 1. The highest BCUT2D eigenvalue weighted by Gasteiger charge is 2.24. The smallest absolute Gasteiger partial charge is 0.274 e. The van der Waals surface area contributed by atoms with Crippen molar-refractivity contribution in [2.75, 3.05) is 32.5 Å². The van der Waals surface area contributed by atoms with Crippen molar-refractivity contribution in [1.82, 2.24) is 30.3 Å². The van der Waals surface area contributed by atoms with Crippen molar-refractivity contribution in [3.05, 3.63) is 68.5 Å². The molecule has 3 amide bonds. The van der Waals surface area contributed by atoms with Crippen LogP contribution in [0.15, 0.2) is 41.1 Å². The van der Waals surface area contributed by atoms with Gasteiger partial charge in [-0.25, -0.2) is 9.67 Å². The van der Waals surface area contributed by atoms with Crippen molar-refractivity contribution in [3.8, 4) is 11.9 Å². The zero-order chi connectivity index (χ0) is 28.5. The number of carbonyl (C=O) groups excluding carboxylic acids is 3. The molecule has 2 aromatic heterocycles. The lowest BCUT2D eigenvalue weighted by Crippen LogP contribution is -2.43. The number of hydrogen-bond acceptors (Lipinski definition) is 7. The van der Waals surface area contributed by atoms with E-state index in [4.69, 9.17) is 11.6 Å². The van der Waals surface area contributed by atoms with Gasteiger partial charge < -0.3 is 20.9 Å². The van der Waals surface area contributed by atoms with Crippen LogP contribution >= 0.6 is 27.5 Å². The lowest BCUT2D eigenvalue weighted by molar-refractivity contribution is -0.115. The largest absolute Gasteiger partial charge is 0.351 e. The molecule has 0 unspecified atom stereocenters. The van der Waals surface area contributed by atoms with Gasteiger partial charge in [0.25, 0.3) is 11.8 Å². The molecule has 1 saturated heterocycles. The van der Waals surface area contributed by atoms with E-state index in [2.05, 4.69) is 48.0 Å². The Labute approximate surface area is 239 Å². The van der Waals surface area contributed by atoms with E-state index in [1.165, 1.54) is 21.7 Å². The monoisotopic (exact) mass is 614 g/mol. The Morgan fingerprint density at radius 2 is 1.95 bits per heavy atom. The van der Waals surface area contributed by atoms with E-state index in [1.54, 1.807) is 45.4 Å². The van der Waals surface area contributed by atoms with Gasteiger partial charge in [0.05, 0.1) is 27.9 Å². The van der Waals surface area contributed by atoms with Crippen molar-refractivity contribution >= 4 is 51.4 Å². The Bertz CT molecular complexity index is 1400. The fraction of sp³-hybridized carbons (Fsp3) is 0.308. The Hall–Kier alpha value is -3.79. The van der Waals surface area contributed by atoms with E-state index in [1.807, 2.05) is 0 Å². The molecule has 0 spiro atoms. The number of aromatic nitrogens is 3. The summed E-state index contributed by atoms with van der Waals surface area (Å²) in [4.78, 5) is 41.6. The molecule has 0 bridgehead atoms. The molecule has 39 heavy (non-hydrogen) atoms. The number of amides is 3. The van der Waals surface area contributed by atoms with Crippen molar-refractivity contribution < 1.29 is 14.4 Å². The van der Waals surface area contributed by atoms with Crippen LogP contribution in [0.25, 0.3) is 5.82 Å². The molecule has 0 radical (unpaired) electrons. The quantitative estimate of drug-likeness (QED) is 0.361. The Balaban J connectivity index is 0.000000771. The summed E-state index contributed by atoms with van der Waals surface area (Å²) in [5.41, 5.74) is 1.64. The number of anilines is 1. The predicted octanol–water partition coefficient (Wildman–Crippen LogP) is 3.30. The maximum absolute atomic E-state index is 13.3. The molecule has 3 aromatic rings. The molecule has 4 rings (SSSR count). The predicted molar refractivity (Wildman–Crippen MR) is 151 cm³/mol. The van der Waals surface area contributed by atoms with Gasteiger partial charge in [-0.3, -0.25) is 14.4 Å². The van der Waals surface area contributed by atoms with E-state index in [0.29, 0.717) is 32.3 Å². The van der Waals surface area contributed by atoms with E-state index in [9.17, 15) is 19.6 Å². The van der Waals surface area contributed by atoms with Crippen molar-refractivity contribution in [3.63, 3.8) is 0 Å². The topological polar surface area (TPSA) is 145 Å². The molecular weight excluding hydrogens is 588 g/mol. The molecule has 3 N–H and O–H groups in total. The zero-order valence-electron chi connectivity index (χ0n) is 21.7. The third-order valence-corrected chi connectivity index (χ3v) is 6.37. The van der Waals surface area contributed by atoms with Crippen LogP contribution in [0.5, 0.6) is 0 Å². The Kier molecular flexibility index (Phi) is 10.6. The first-order valence-corrected chi connectivity index (χ1v) is 13.2. The second-order valence-electron chi connectivity index (χ2n) is 8.92. The lowest BCUT2D eigenvalue weighted by atomic mass is 10.0. The normalized spacial score (nSPS) is 12.9. The highest BCUT2D eigenvalue weighted by molar-refractivity contribution is 9.10. The summed E-state index contributed by atoms with van der Waals surface area (Å²) in [7, 11) is 3.38. The van der Waals surface area contributed by atoms with Gasteiger partial charge in [0, 0.05) is 32.4 Å². The number of nitrogens with one attached hydrogen (secondary N) is 3. The van der Waals surface area contributed by atoms with Crippen LogP contribution in [0, 0.1) is 18.3 Å². The molecule has 0 atom stereocenters. The summed E-state index contributed by atoms with van der Waals surface area (Å²) in [6.07, 6.45) is 3.91. The average Bonchev–Trinajstić information content (AvgIpc) is 3.32. The molecule has 204 valence electrons. The third kappa shape index (κ3) is 7.86. The first-order chi connectivity index (χ1) is 18.6. The lowest BCUT2D eigenvalue weighted by Gasteiger charge is -2.24. The second-order valence-corrected chi connectivity index (χ2v) is 10.1. The number of nitrogens with zero attached hydrogens (tertiary/aromatic N) is 5. The van der Waals surface area contributed by atoms with Crippen molar-refractivity contribution in [1.29, 1.82) is 5.26 Å². The second kappa shape index (κ2) is 13.8. The van der Waals surface area contributed by atoms with Gasteiger partial charge in [0.1, 0.15) is 10.3 Å². The molecule has 11 nitrogen and oxygen atoms in total. The minimum atomic E-state index is -0.511. The number of benzene rings is 1. The molecule has 1 aliphatic heterocycles. The molecule has 3 heterocycles. The van der Waals surface area contributed by atoms with Crippen LogP contribution in [-0.4, -0.2) is 71.1 Å². The highest BCUT2D eigenvalue weighted by atomic mass is 79.9. The van der Waals surface area contributed by atoms with E-state index < -0.39 is 5.91 Å². The van der Waals surface area contributed by atoms with Crippen LogP contribution in [0.2, 0.25) is 5.02 Å². The number of halogens is 2. The average molecular weight is 616 g/mol. The minimum Gasteiger partial charge on any atom is -0.351 e. The van der Waals surface area contributed by atoms with Crippen LogP contribution in [0.4, 0.5) is 5.69 Å². The van der Waals surface area contributed by atoms with Gasteiger partial charge in [-0.15, -0.1) is 0 Å². The van der Waals surface area contributed by atoms with Gasteiger partial charge >= 0.3 is 0 Å². The number of aryl methyl sites for hydroxylation is 1. The minimum absolute atomic E-state index is 0.0204. The standard InChI is InChI=1S/C23H21BrClN7O2.C3H7NO/c1-13-9-14(12-26)10-16(22(33)29-15-4-7-27-8-5-15)20(13)30-23(34)18-11-19(24)31-32(18)21-17(25)3-2-6-28-21;1-4(2)3-5/h2-3,6,9-11,15,27H,4-5,7-8H2,1H3,(H,29,33)(H,30,34);3H,1-2H3. The van der Waals surface area contributed by atoms with Crippen LogP contribution in [-0.2, 0) is 4.79 Å². The molecular formula is C26H28BrClN8O3. The van der Waals surface area contributed by atoms with E-state index in [-0.39, 0.29) is 23.2 Å². The summed E-state index contributed by atoms with van der Waals surface area (Å²) in [5, 5.41) is 23.1. The maximum Gasteiger partial charge on any atom is 0.274 e. The molecule has 1 fully saturated rings. The fourth-order valence-electron chi connectivity index (χ4n) is 3.81. The molecule has 0 aliphatic carbocycles. The van der Waals surface area contributed by atoms with Crippen molar-refractivity contribution in [2.45, 2.75) is 25.8 Å². The number of carbonyl (C=O) groups is 3. The molecule has 13 heteroatoms. The summed E-state index contributed by atoms with van der Waals surface area (Å²) in [6.45, 7) is 3.38. The van der Waals surface area contributed by atoms with Gasteiger partial charge in [-0.2, -0.15) is 10.4 Å². The summed E-state index contributed by atoms with van der Waals surface area (Å²) in [5.74, 6) is -0.561. The zero-order valence-corrected chi connectivity index (χ0v) is 24.0. The Morgan fingerprint density at radius 3 is 2.56 bits per heavy atom. The van der Waals surface area contributed by atoms with Gasteiger partial charge in [0.2, 0.25) is 6.41 Å². The van der Waals surface area contributed by atoms with Gasteiger partial charge in [-0.05, 0) is 78.6 Å². The highest BCUT2D eigenvalue weighted by Crippen LogP contribution is 2.26. The van der Waals surface area contributed by atoms with Crippen LogP contribution in [0.3, 0.4) is 0 Å². The van der Waals surface area contributed by atoms with E-state index in [0.717, 1.165) is 32.3 Å². The van der Waals surface area contributed by atoms with Crippen LogP contribution < -0.4 is 16.0 Å². The first kappa shape index (κ1) is 29.8. The summed E-state index contributed by atoms with van der Waals surface area (Å²) < 4.78 is 1.75. The molecule has 1 aliphatic rings. The summed E-state index contributed by atoms with van der Waals surface area (Å²) in [6, 6.07) is 10.1. The summed E-state index contributed by atoms with van der Waals surface area (Å²) >= 11 is 9.56. The number of hydrogen-bond donors (Lipinski definition) is 3. The van der Waals surface area contributed by atoms with E-state index >= 15 is 0 Å². The number of pyridine rings is 1. The van der Waals surface area contributed by atoms with Gasteiger partial charge in [-0.1, -0.05) is 11.6 Å². The third-order valence-electron chi connectivity index (χ3n) is 5.68. The first-order valence-electron chi connectivity index (χ1n) is 12.0. The van der Waals surface area contributed by atoms with Crippen LogP contribution in [0.1, 0.15) is 44.8 Å². The number of nitriles is 1. The molecule has 1 aromatic carbocycles. The number of rotatable bonds is 6. The Morgan fingerprint density at radius 1 is 1.26 bits per heavy atom. The molecule has 0 saturated carbocycles. The SMILES string of the molecule is CN(C)C=O.Cc1cc(C#N)cc(C(=O)NC2CCNCC2)c1NC(=O)c1cc(Br)nn1-c1ncccc1Cl. The van der Waals surface area contributed by atoms with Gasteiger partial charge in [0.15, 0.2) is 5.82 Å². The fourth-order valence-corrected chi connectivity index (χ4v) is 4.39. The van der Waals surface area contributed by atoms with Crippen molar-refractivity contribution in [2.24, 2.45) is 0 Å².